The summed E-state index contributed by atoms with van der Waals surface area (Å²) in [5.41, 5.74) is -2.46. The van der Waals surface area contributed by atoms with Gasteiger partial charge in [-0.15, -0.1) is 0 Å². The molecule has 2 aromatic rings. The van der Waals surface area contributed by atoms with Gasteiger partial charge in [-0.3, -0.25) is 4.98 Å². The standard InChI is InChI=1S/C13H10F3NO/c1-13(18,8-5-6-17-7-11(8)15)9-3-2-4-10(14)12(9)16/h2-7,18H,1H3. The molecule has 0 aliphatic rings. The number of pyridine rings is 1. The van der Waals surface area contributed by atoms with Crippen molar-refractivity contribution in [2.75, 3.05) is 0 Å². The van der Waals surface area contributed by atoms with Crippen molar-refractivity contribution in [3.63, 3.8) is 0 Å². The molecule has 0 radical (unpaired) electrons. The van der Waals surface area contributed by atoms with E-state index in [9.17, 15) is 18.3 Å². The summed E-state index contributed by atoms with van der Waals surface area (Å²) in [5.74, 6) is -3.08. The Morgan fingerprint density at radius 2 is 1.78 bits per heavy atom. The fourth-order valence-electron chi connectivity index (χ4n) is 1.79. The molecule has 0 fully saturated rings. The molecule has 0 aliphatic heterocycles. The van der Waals surface area contributed by atoms with Crippen LogP contribution in [0.25, 0.3) is 0 Å². The first-order valence-corrected chi connectivity index (χ1v) is 5.21. The summed E-state index contributed by atoms with van der Waals surface area (Å²) in [4.78, 5) is 3.54. The fourth-order valence-corrected chi connectivity index (χ4v) is 1.79. The Morgan fingerprint density at radius 1 is 1.06 bits per heavy atom. The lowest BCUT2D eigenvalue weighted by Gasteiger charge is -2.25. The molecular weight excluding hydrogens is 243 g/mol. The van der Waals surface area contributed by atoms with Crippen molar-refractivity contribution in [3.8, 4) is 0 Å². The number of hydrogen-bond donors (Lipinski definition) is 1. The zero-order chi connectivity index (χ0) is 13.3. The number of hydrogen-bond acceptors (Lipinski definition) is 2. The van der Waals surface area contributed by atoms with E-state index in [4.69, 9.17) is 0 Å². The summed E-state index contributed by atoms with van der Waals surface area (Å²) < 4.78 is 40.3. The Balaban J connectivity index is 2.62. The monoisotopic (exact) mass is 253 g/mol. The van der Waals surface area contributed by atoms with E-state index >= 15 is 0 Å². The topological polar surface area (TPSA) is 33.1 Å². The molecule has 18 heavy (non-hydrogen) atoms. The molecule has 1 atom stereocenters. The van der Waals surface area contributed by atoms with E-state index in [-0.39, 0.29) is 11.1 Å². The molecule has 1 N–H and O–H groups in total. The van der Waals surface area contributed by atoms with Crippen LogP contribution in [0.5, 0.6) is 0 Å². The van der Waals surface area contributed by atoms with Gasteiger partial charge in [-0.2, -0.15) is 0 Å². The predicted molar refractivity (Wildman–Crippen MR) is 59.2 cm³/mol. The van der Waals surface area contributed by atoms with E-state index in [0.717, 1.165) is 12.3 Å². The zero-order valence-corrected chi connectivity index (χ0v) is 9.49. The van der Waals surface area contributed by atoms with Gasteiger partial charge in [0, 0.05) is 17.3 Å². The molecule has 1 heterocycles. The summed E-state index contributed by atoms with van der Waals surface area (Å²) in [6, 6.07) is 4.61. The molecule has 0 saturated heterocycles. The average molecular weight is 253 g/mol. The Morgan fingerprint density at radius 3 is 2.44 bits per heavy atom. The van der Waals surface area contributed by atoms with Crippen LogP contribution >= 0.6 is 0 Å². The third-order valence-corrected chi connectivity index (χ3v) is 2.77. The molecule has 0 bridgehead atoms. The van der Waals surface area contributed by atoms with Gasteiger partial charge in [-0.05, 0) is 19.1 Å². The fraction of sp³-hybridized carbons (Fsp3) is 0.154. The van der Waals surface area contributed by atoms with E-state index in [1.807, 2.05) is 0 Å². The number of aliphatic hydroxyl groups is 1. The average Bonchev–Trinajstić information content (AvgIpc) is 2.32. The van der Waals surface area contributed by atoms with Crippen LogP contribution in [0.1, 0.15) is 18.1 Å². The van der Waals surface area contributed by atoms with Gasteiger partial charge >= 0.3 is 0 Å². The van der Waals surface area contributed by atoms with Crippen LogP contribution in [-0.4, -0.2) is 10.1 Å². The maximum Gasteiger partial charge on any atom is 0.165 e. The van der Waals surface area contributed by atoms with Gasteiger partial charge in [-0.1, -0.05) is 12.1 Å². The Kier molecular flexibility index (Phi) is 3.09. The molecule has 2 nitrogen and oxygen atoms in total. The first kappa shape index (κ1) is 12.6. The van der Waals surface area contributed by atoms with Gasteiger partial charge < -0.3 is 5.11 Å². The molecule has 1 aromatic heterocycles. The third kappa shape index (κ3) is 1.97. The minimum Gasteiger partial charge on any atom is -0.380 e. The van der Waals surface area contributed by atoms with Crippen molar-refractivity contribution < 1.29 is 18.3 Å². The molecular formula is C13H10F3NO. The lowest BCUT2D eigenvalue weighted by atomic mass is 9.88. The van der Waals surface area contributed by atoms with Crippen molar-refractivity contribution in [3.05, 3.63) is 65.2 Å². The molecule has 94 valence electrons. The number of benzene rings is 1. The van der Waals surface area contributed by atoms with Crippen molar-refractivity contribution in [2.24, 2.45) is 0 Å². The molecule has 1 unspecified atom stereocenters. The van der Waals surface area contributed by atoms with Gasteiger partial charge in [-0.25, -0.2) is 13.2 Å². The molecule has 0 aliphatic carbocycles. The van der Waals surface area contributed by atoms with E-state index < -0.39 is 23.1 Å². The van der Waals surface area contributed by atoms with Gasteiger partial charge in [0.1, 0.15) is 11.4 Å². The lowest BCUT2D eigenvalue weighted by molar-refractivity contribution is 0.0927. The predicted octanol–water partition coefficient (Wildman–Crippen LogP) is 2.75. The second kappa shape index (κ2) is 4.42. The molecule has 0 spiro atoms. The van der Waals surface area contributed by atoms with Crippen molar-refractivity contribution >= 4 is 0 Å². The van der Waals surface area contributed by atoms with Crippen LogP contribution in [0, 0.1) is 17.5 Å². The maximum absolute atomic E-state index is 13.6. The molecule has 0 saturated carbocycles. The van der Waals surface area contributed by atoms with Crippen LogP contribution in [0.3, 0.4) is 0 Å². The summed E-state index contributed by atoms with van der Waals surface area (Å²) in [5, 5.41) is 10.3. The number of aromatic nitrogens is 1. The molecule has 2 rings (SSSR count). The first-order chi connectivity index (χ1) is 8.44. The number of rotatable bonds is 2. The lowest BCUT2D eigenvalue weighted by Crippen LogP contribution is -2.26. The highest BCUT2D eigenvalue weighted by molar-refractivity contribution is 5.36. The SMILES string of the molecule is CC(O)(c1ccncc1F)c1cccc(F)c1F. The smallest absolute Gasteiger partial charge is 0.165 e. The van der Waals surface area contributed by atoms with Gasteiger partial charge in [0.25, 0.3) is 0 Å². The van der Waals surface area contributed by atoms with Crippen molar-refractivity contribution in [1.82, 2.24) is 4.98 Å². The van der Waals surface area contributed by atoms with Gasteiger partial charge in [0.15, 0.2) is 11.6 Å². The Bertz CT molecular complexity index is 584. The van der Waals surface area contributed by atoms with Crippen LogP contribution < -0.4 is 0 Å². The van der Waals surface area contributed by atoms with Crippen molar-refractivity contribution in [2.45, 2.75) is 12.5 Å². The minimum absolute atomic E-state index is 0.165. The zero-order valence-electron chi connectivity index (χ0n) is 9.49. The van der Waals surface area contributed by atoms with Crippen molar-refractivity contribution in [1.29, 1.82) is 0 Å². The highest BCUT2D eigenvalue weighted by atomic mass is 19.2. The highest BCUT2D eigenvalue weighted by Gasteiger charge is 2.32. The molecule has 1 aromatic carbocycles. The third-order valence-electron chi connectivity index (χ3n) is 2.77. The number of halogens is 3. The Hall–Kier alpha value is -1.88. The van der Waals surface area contributed by atoms with E-state index in [2.05, 4.69) is 4.98 Å². The van der Waals surface area contributed by atoms with Crippen LogP contribution in [0.15, 0.2) is 36.7 Å². The second-order valence-electron chi connectivity index (χ2n) is 4.03. The van der Waals surface area contributed by atoms with Crippen LogP contribution in [0.2, 0.25) is 0 Å². The highest BCUT2D eigenvalue weighted by Crippen LogP contribution is 2.32. The van der Waals surface area contributed by atoms with E-state index in [1.54, 1.807) is 0 Å². The van der Waals surface area contributed by atoms with Gasteiger partial charge in [0.2, 0.25) is 0 Å². The maximum atomic E-state index is 13.6. The van der Waals surface area contributed by atoms with Crippen LogP contribution in [-0.2, 0) is 5.60 Å². The minimum atomic E-state index is -1.97. The number of nitrogens with zero attached hydrogens (tertiary/aromatic N) is 1. The van der Waals surface area contributed by atoms with Gasteiger partial charge in [0.05, 0.1) is 6.20 Å². The second-order valence-corrected chi connectivity index (χ2v) is 4.03. The summed E-state index contributed by atoms with van der Waals surface area (Å²) in [6.45, 7) is 1.20. The first-order valence-electron chi connectivity index (χ1n) is 5.21. The van der Waals surface area contributed by atoms with E-state index in [0.29, 0.717) is 0 Å². The summed E-state index contributed by atoms with van der Waals surface area (Å²) in [6.07, 6.45) is 2.17. The molecule has 5 heteroatoms. The summed E-state index contributed by atoms with van der Waals surface area (Å²) >= 11 is 0. The van der Waals surface area contributed by atoms with E-state index in [1.165, 1.54) is 31.3 Å². The van der Waals surface area contributed by atoms with Crippen LogP contribution in [0.4, 0.5) is 13.2 Å². The molecule has 0 amide bonds. The summed E-state index contributed by atoms with van der Waals surface area (Å²) in [7, 11) is 0. The quantitative estimate of drug-likeness (QED) is 0.892. The Labute approximate surface area is 102 Å². The largest absolute Gasteiger partial charge is 0.380 e. The normalized spacial score (nSPS) is 14.3.